The fraction of sp³-hybridized carbons (Fsp3) is 0.417. The van der Waals surface area contributed by atoms with Gasteiger partial charge < -0.3 is 11.1 Å². The topological polar surface area (TPSA) is 55.1 Å². The van der Waals surface area contributed by atoms with Crippen LogP contribution in [0.15, 0.2) is 18.2 Å². The summed E-state index contributed by atoms with van der Waals surface area (Å²) in [7, 11) is 0. The molecule has 0 spiro atoms. The summed E-state index contributed by atoms with van der Waals surface area (Å²) in [6.07, 6.45) is -3.99. The van der Waals surface area contributed by atoms with E-state index in [1.165, 1.54) is 6.07 Å². The van der Waals surface area contributed by atoms with E-state index < -0.39 is 23.5 Å². The molecule has 0 saturated heterocycles. The Morgan fingerprint density at radius 1 is 1.32 bits per heavy atom. The predicted octanol–water partition coefficient (Wildman–Crippen LogP) is 2.20. The number of alkyl halides is 3. The zero-order valence-corrected chi connectivity index (χ0v) is 10.1. The van der Waals surface area contributed by atoms with Gasteiger partial charge in [0, 0.05) is 13.0 Å². The average molecular weight is 278 g/mol. The van der Waals surface area contributed by atoms with E-state index in [2.05, 4.69) is 5.32 Å². The van der Waals surface area contributed by atoms with Crippen LogP contribution < -0.4 is 11.1 Å². The van der Waals surface area contributed by atoms with E-state index in [-0.39, 0.29) is 13.0 Å². The van der Waals surface area contributed by atoms with Crippen LogP contribution in [0.4, 0.5) is 17.6 Å². The molecule has 0 aliphatic rings. The van der Waals surface area contributed by atoms with Crippen molar-refractivity contribution < 1.29 is 22.4 Å². The summed E-state index contributed by atoms with van der Waals surface area (Å²) in [6.45, 7) is 0.615. The summed E-state index contributed by atoms with van der Waals surface area (Å²) in [5.74, 6) is -1.71. The number of rotatable bonds is 6. The zero-order chi connectivity index (χ0) is 14.5. The lowest BCUT2D eigenvalue weighted by atomic mass is 10.1. The molecule has 0 fully saturated rings. The third kappa shape index (κ3) is 5.25. The van der Waals surface area contributed by atoms with Gasteiger partial charge in [0.15, 0.2) is 0 Å². The van der Waals surface area contributed by atoms with Gasteiger partial charge in [-0.2, -0.15) is 13.2 Å². The number of hydrogen-bond donors (Lipinski definition) is 2. The van der Waals surface area contributed by atoms with Crippen molar-refractivity contribution in [3.05, 3.63) is 35.1 Å². The van der Waals surface area contributed by atoms with Crippen LogP contribution in [-0.4, -0.2) is 12.5 Å². The third-order valence-corrected chi connectivity index (χ3v) is 2.44. The SMILES string of the molecule is NC(=O)CCCNCc1ccc(F)c(C(F)(F)F)c1. The average Bonchev–Trinajstić information content (AvgIpc) is 2.28. The van der Waals surface area contributed by atoms with Crippen molar-refractivity contribution in [2.24, 2.45) is 5.73 Å². The van der Waals surface area contributed by atoms with Crippen LogP contribution in [0.3, 0.4) is 0 Å². The van der Waals surface area contributed by atoms with E-state index in [0.29, 0.717) is 18.5 Å². The number of amides is 1. The molecule has 1 aromatic carbocycles. The van der Waals surface area contributed by atoms with E-state index in [1.807, 2.05) is 0 Å². The fourth-order valence-corrected chi connectivity index (χ4v) is 1.52. The summed E-state index contributed by atoms with van der Waals surface area (Å²) < 4.78 is 50.4. The monoisotopic (exact) mass is 278 g/mol. The van der Waals surface area contributed by atoms with Crippen LogP contribution in [0.2, 0.25) is 0 Å². The first-order chi connectivity index (χ1) is 8.80. The lowest BCUT2D eigenvalue weighted by Gasteiger charge is -2.10. The van der Waals surface area contributed by atoms with Crippen LogP contribution >= 0.6 is 0 Å². The first kappa shape index (κ1) is 15.4. The van der Waals surface area contributed by atoms with E-state index >= 15 is 0 Å². The highest BCUT2D eigenvalue weighted by atomic mass is 19.4. The molecule has 0 aliphatic carbocycles. The maximum absolute atomic E-state index is 13.0. The minimum absolute atomic E-state index is 0.169. The lowest BCUT2D eigenvalue weighted by Crippen LogP contribution is -2.18. The molecule has 3 nitrogen and oxygen atoms in total. The Kier molecular flexibility index (Phi) is 5.29. The molecule has 0 atom stereocenters. The molecule has 7 heteroatoms. The Labute approximate surface area is 107 Å². The fourth-order valence-electron chi connectivity index (χ4n) is 1.52. The van der Waals surface area contributed by atoms with E-state index in [9.17, 15) is 22.4 Å². The Morgan fingerprint density at radius 3 is 2.58 bits per heavy atom. The third-order valence-electron chi connectivity index (χ3n) is 2.44. The zero-order valence-electron chi connectivity index (χ0n) is 10.1. The number of benzene rings is 1. The molecule has 19 heavy (non-hydrogen) atoms. The van der Waals surface area contributed by atoms with Crippen molar-refractivity contribution >= 4 is 5.91 Å². The Balaban J connectivity index is 2.53. The number of nitrogens with one attached hydrogen (secondary N) is 1. The molecule has 0 unspecified atom stereocenters. The smallest absolute Gasteiger partial charge is 0.370 e. The molecular formula is C12H14F4N2O. The maximum atomic E-state index is 13.0. The molecule has 0 radical (unpaired) electrons. The second-order valence-corrected chi connectivity index (χ2v) is 4.06. The van der Waals surface area contributed by atoms with Crippen molar-refractivity contribution in [2.45, 2.75) is 25.6 Å². The van der Waals surface area contributed by atoms with Crippen LogP contribution in [0, 0.1) is 5.82 Å². The Morgan fingerprint density at radius 2 is 2.00 bits per heavy atom. The van der Waals surface area contributed by atoms with E-state index in [4.69, 9.17) is 5.73 Å². The molecular weight excluding hydrogens is 264 g/mol. The van der Waals surface area contributed by atoms with Gasteiger partial charge in [0.25, 0.3) is 0 Å². The molecule has 0 saturated carbocycles. The minimum atomic E-state index is -4.70. The number of primary amides is 1. The largest absolute Gasteiger partial charge is 0.419 e. The highest BCUT2D eigenvalue weighted by Gasteiger charge is 2.34. The molecule has 106 valence electrons. The predicted molar refractivity (Wildman–Crippen MR) is 61.5 cm³/mol. The molecule has 1 rings (SSSR count). The van der Waals surface area contributed by atoms with Gasteiger partial charge in [-0.05, 0) is 30.7 Å². The van der Waals surface area contributed by atoms with Gasteiger partial charge in [0.1, 0.15) is 5.82 Å². The summed E-state index contributed by atoms with van der Waals surface area (Å²) in [6, 6.07) is 2.85. The van der Waals surface area contributed by atoms with Crippen LogP contribution in [-0.2, 0) is 17.5 Å². The quantitative estimate of drug-likeness (QED) is 0.619. The number of carbonyl (C=O) groups is 1. The van der Waals surface area contributed by atoms with Crippen LogP contribution in [0.1, 0.15) is 24.0 Å². The van der Waals surface area contributed by atoms with Crippen molar-refractivity contribution in [1.82, 2.24) is 5.32 Å². The molecule has 0 bridgehead atoms. The van der Waals surface area contributed by atoms with Crippen molar-refractivity contribution in [2.75, 3.05) is 6.54 Å². The highest BCUT2D eigenvalue weighted by molar-refractivity contribution is 5.73. The van der Waals surface area contributed by atoms with Crippen LogP contribution in [0.25, 0.3) is 0 Å². The van der Waals surface area contributed by atoms with Gasteiger partial charge in [-0.25, -0.2) is 4.39 Å². The van der Waals surface area contributed by atoms with Crippen molar-refractivity contribution in [3.8, 4) is 0 Å². The van der Waals surface area contributed by atoms with Gasteiger partial charge in [-0.3, -0.25) is 4.79 Å². The minimum Gasteiger partial charge on any atom is -0.370 e. The summed E-state index contributed by atoms with van der Waals surface area (Å²) in [4.78, 5) is 10.5. The van der Waals surface area contributed by atoms with Gasteiger partial charge >= 0.3 is 6.18 Å². The first-order valence-corrected chi connectivity index (χ1v) is 5.65. The molecule has 0 heterocycles. The van der Waals surface area contributed by atoms with Gasteiger partial charge in [0.05, 0.1) is 5.56 Å². The molecule has 1 aromatic rings. The standard InChI is InChI=1S/C12H14F4N2O/c13-10-4-3-8(6-9(10)12(14,15)16)7-18-5-1-2-11(17)19/h3-4,6,18H,1-2,5,7H2,(H2,17,19). The molecule has 3 N–H and O–H groups in total. The van der Waals surface area contributed by atoms with Gasteiger partial charge in [-0.1, -0.05) is 6.07 Å². The molecule has 1 amide bonds. The molecule has 0 aliphatic heterocycles. The van der Waals surface area contributed by atoms with Gasteiger partial charge in [0.2, 0.25) is 5.91 Å². The number of nitrogens with two attached hydrogens (primary N) is 1. The van der Waals surface area contributed by atoms with E-state index in [1.54, 1.807) is 0 Å². The van der Waals surface area contributed by atoms with Crippen LogP contribution in [0.5, 0.6) is 0 Å². The Bertz CT molecular complexity index is 446. The second-order valence-electron chi connectivity index (χ2n) is 4.06. The van der Waals surface area contributed by atoms with Gasteiger partial charge in [-0.15, -0.1) is 0 Å². The molecule has 0 aromatic heterocycles. The maximum Gasteiger partial charge on any atom is 0.419 e. The summed E-state index contributed by atoms with van der Waals surface area (Å²) >= 11 is 0. The summed E-state index contributed by atoms with van der Waals surface area (Å²) in [5.41, 5.74) is 3.99. The lowest BCUT2D eigenvalue weighted by molar-refractivity contribution is -0.140. The number of hydrogen-bond acceptors (Lipinski definition) is 2. The number of halogens is 4. The first-order valence-electron chi connectivity index (χ1n) is 5.65. The highest BCUT2D eigenvalue weighted by Crippen LogP contribution is 2.31. The normalized spacial score (nSPS) is 11.6. The van der Waals surface area contributed by atoms with E-state index in [0.717, 1.165) is 12.1 Å². The Hall–Kier alpha value is -1.63. The second kappa shape index (κ2) is 6.51. The summed E-state index contributed by atoms with van der Waals surface area (Å²) in [5, 5.41) is 2.86. The van der Waals surface area contributed by atoms with Crippen molar-refractivity contribution in [3.63, 3.8) is 0 Å². The number of carbonyl (C=O) groups excluding carboxylic acids is 1. The van der Waals surface area contributed by atoms with Crippen molar-refractivity contribution in [1.29, 1.82) is 0 Å².